The molecule has 1 aliphatic carbocycles. The number of benzene rings is 3. The summed E-state index contributed by atoms with van der Waals surface area (Å²) in [5, 5.41) is 18.9. The van der Waals surface area contributed by atoms with Crippen LogP contribution < -0.4 is 30.6 Å². The molecule has 2 aromatic carbocycles. The van der Waals surface area contributed by atoms with Gasteiger partial charge in [-0.2, -0.15) is 0 Å². The first-order valence-electron chi connectivity index (χ1n) is 18.1. The number of amides is 4. The van der Waals surface area contributed by atoms with Crippen molar-refractivity contribution in [2.75, 3.05) is 92.4 Å². The third-order valence-corrected chi connectivity index (χ3v) is 8.53. The van der Waals surface area contributed by atoms with Gasteiger partial charge in [0.05, 0.1) is 51.7 Å². The highest BCUT2D eigenvalue weighted by Gasteiger charge is 2.24. The first kappa shape index (κ1) is 42.8. The third-order valence-electron chi connectivity index (χ3n) is 8.53. The van der Waals surface area contributed by atoms with Crippen molar-refractivity contribution in [3.05, 3.63) is 83.7 Å². The summed E-state index contributed by atoms with van der Waals surface area (Å²) in [7, 11) is 7.88. The minimum Gasteiger partial charge on any atom is -0.545 e. The number of hydrogen-bond donors (Lipinski definition) is 2. The first-order chi connectivity index (χ1) is 26.9. The van der Waals surface area contributed by atoms with E-state index in [0.717, 1.165) is 32.5 Å². The van der Waals surface area contributed by atoms with Crippen LogP contribution in [0, 0.1) is 0 Å². The smallest absolute Gasteiger partial charge is 0.253 e. The van der Waals surface area contributed by atoms with E-state index < -0.39 is 17.8 Å². The van der Waals surface area contributed by atoms with Crippen molar-refractivity contribution in [3.63, 3.8) is 0 Å². The minimum atomic E-state index is -1.20. The molecule has 0 unspecified atom stereocenters. The number of hydrogen-bond acceptors (Lipinski definition) is 11. The molecule has 0 fully saturated rings. The number of aromatic carboxylic acids is 1. The second-order valence-electron chi connectivity index (χ2n) is 13.0. The van der Waals surface area contributed by atoms with Crippen LogP contribution >= 0.6 is 0 Å². The fourth-order valence-corrected chi connectivity index (χ4v) is 5.65. The van der Waals surface area contributed by atoms with Crippen LogP contribution in [0.15, 0.2) is 77.2 Å². The number of rotatable bonds is 18. The maximum atomic E-state index is 11.8. The lowest BCUT2D eigenvalue weighted by Crippen LogP contribution is -2.35. The zero-order valence-electron chi connectivity index (χ0n) is 32.4. The quantitative estimate of drug-likeness (QED) is 0.0644. The van der Waals surface area contributed by atoms with Gasteiger partial charge in [-0.05, 0) is 23.8 Å². The topological polar surface area (TPSA) is 183 Å². The fraction of sp³-hybridized carbons (Fsp3) is 0.366. The van der Waals surface area contributed by atoms with Gasteiger partial charge in [0.25, 0.3) is 11.8 Å². The molecule has 0 aromatic heterocycles. The number of carbonyl (C=O) groups is 5. The van der Waals surface area contributed by atoms with Crippen molar-refractivity contribution < 1.29 is 47.7 Å². The highest BCUT2D eigenvalue weighted by molar-refractivity contribution is 6.13. The Morgan fingerprint density at radius 1 is 0.804 bits per heavy atom. The Labute approximate surface area is 325 Å². The van der Waals surface area contributed by atoms with E-state index in [0.29, 0.717) is 69.6 Å². The Balaban J connectivity index is 0.000000250. The lowest BCUT2D eigenvalue weighted by atomic mass is 9.90. The van der Waals surface area contributed by atoms with Gasteiger partial charge in [-0.3, -0.25) is 24.1 Å². The SMILES string of the molecule is CC(=O)NCCOCCOCCOCCNC(=O)CCN1C(=O)C=CC1=O.CN(C)c1ccc2c(-c3ccccc3C(=O)[O-])c3ccc(=[N+](C)C)cc-3oc2c1. The van der Waals surface area contributed by atoms with Crippen molar-refractivity contribution >= 4 is 46.3 Å². The summed E-state index contributed by atoms with van der Waals surface area (Å²) in [4.78, 5) is 59.7. The molecule has 298 valence electrons. The summed E-state index contributed by atoms with van der Waals surface area (Å²) in [5.41, 5.74) is 4.17. The van der Waals surface area contributed by atoms with E-state index in [2.05, 4.69) is 10.6 Å². The van der Waals surface area contributed by atoms with E-state index in [1.54, 1.807) is 12.1 Å². The van der Waals surface area contributed by atoms with Crippen molar-refractivity contribution in [2.45, 2.75) is 13.3 Å². The summed E-state index contributed by atoms with van der Waals surface area (Å²) in [6.07, 6.45) is 2.44. The molecular formula is C41H49N5O10. The third kappa shape index (κ3) is 12.3. The minimum absolute atomic E-state index is 0.0597. The molecule has 56 heavy (non-hydrogen) atoms. The van der Waals surface area contributed by atoms with Crippen LogP contribution in [0.25, 0.3) is 33.4 Å². The van der Waals surface area contributed by atoms with Crippen LogP contribution in [0.2, 0.25) is 0 Å². The number of carbonyl (C=O) groups excluding carboxylic acids is 5. The number of carboxylic acids is 1. The van der Waals surface area contributed by atoms with E-state index in [9.17, 15) is 29.1 Å². The van der Waals surface area contributed by atoms with Crippen molar-refractivity contribution in [1.29, 1.82) is 0 Å². The molecule has 0 saturated carbocycles. The summed E-state index contributed by atoms with van der Waals surface area (Å²) in [6, 6.07) is 18.9. The Hall–Kier alpha value is -5.90. The van der Waals surface area contributed by atoms with E-state index in [1.165, 1.54) is 19.1 Å². The molecule has 2 aromatic rings. The standard InChI is InChI=1S/C24H22N2O3.C17H27N3O7/c1-25(2)15-9-11-19-21(13-15)29-22-14-16(26(3)4)10-12-20(22)23(19)17-7-5-6-8-18(17)24(27)28;1-14(21)18-5-8-25-10-12-27-13-11-26-9-6-19-15(22)4-7-20-16(23)2-3-17(20)24/h5-14H,1-4H3;2-3H,4-13H2,1H3,(H,18,21)(H,19,22). The number of imide groups is 1. The van der Waals surface area contributed by atoms with Gasteiger partial charge in [-0.25, -0.2) is 4.58 Å². The normalized spacial score (nSPS) is 12.1. The highest BCUT2D eigenvalue weighted by Crippen LogP contribution is 2.41. The Morgan fingerprint density at radius 2 is 1.43 bits per heavy atom. The summed E-state index contributed by atoms with van der Waals surface area (Å²) < 4.78 is 24.1. The first-order valence-corrected chi connectivity index (χ1v) is 18.1. The van der Waals surface area contributed by atoms with E-state index >= 15 is 0 Å². The number of anilines is 1. The molecule has 0 spiro atoms. The maximum absolute atomic E-state index is 11.8. The molecule has 3 aliphatic rings. The zero-order valence-corrected chi connectivity index (χ0v) is 32.4. The molecule has 2 heterocycles. The molecule has 5 rings (SSSR count). The lowest BCUT2D eigenvalue weighted by Gasteiger charge is -2.19. The summed E-state index contributed by atoms with van der Waals surface area (Å²) >= 11 is 0. The second-order valence-corrected chi connectivity index (χ2v) is 13.0. The van der Waals surface area contributed by atoms with Gasteiger partial charge < -0.3 is 44.1 Å². The number of fused-ring (bicyclic) bond motifs is 2. The Kier molecular flexibility index (Phi) is 16.3. The molecule has 2 aliphatic heterocycles. The van der Waals surface area contributed by atoms with Gasteiger partial charge in [0, 0.05) is 99.1 Å². The van der Waals surface area contributed by atoms with Gasteiger partial charge in [-0.15, -0.1) is 0 Å². The molecule has 0 bridgehead atoms. The van der Waals surface area contributed by atoms with Crippen LogP contribution in [0.3, 0.4) is 0 Å². The van der Waals surface area contributed by atoms with E-state index in [-0.39, 0.29) is 30.3 Å². The summed E-state index contributed by atoms with van der Waals surface area (Å²) in [6.45, 7) is 4.79. The van der Waals surface area contributed by atoms with E-state index in [1.807, 2.05) is 86.2 Å². The van der Waals surface area contributed by atoms with Gasteiger partial charge in [0.15, 0.2) is 0 Å². The average molecular weight is 772 g/mol. The second kappa shape index (κ2) is 21.3. The Morgan fingerprint density at radius 3 is 2.04 bits per heavy atom. The number of ether oxygens (including phenoxy) is 3. The predicted molar refractivity (Wildman–Crippen MR) is 209 cm³/mol. The molecule has 0 saturated heterocycles. The summed E-state index contributed by atoms with van der Waals surface area (Å²) in [5.74, 6) is -1.63. The van der Waals surface area contributed by atoms with E-state index in [4.69, 9.17) is 18.6 Å². The largest absolute Gasteiger partial charge is 0.545 e. The van der Waals surface area contributed by atoms with Crippen molar-refractivity contribution in [3.8, 4) is 22.5 Å². The molecule has 15 nitrogen and oxygen atoms in total. The molecule has 0 atom stereocenters. The molecule has 15 heteroatoms. The van der Waals surface area contributed by atoms with Gasteiger partial charge in [0.2, 0.25) is 17.2 Å². The molecule has 0 radical (unpaired) electrons. The monoisotopic (exact) mass is 771 g/mol. The van der Waals surface area contributed by atoms with Crippen LogP contribution in [0.1, 0.15) is 23.7 Å². The van der Waals surface area contributed by atoms with Crippen molar-refractivity contribution in [2.24, 2.45) is 0 Å². The Bertz CT molecular complexity index is 2070. The van der Waals surface area contributed by atoms with Crippen molar-refractivity contribution in [1.82, 2.24) is 20.1 Å². The van der Waals surface area contributed by atoms with Crippen LogP contribution in [0.4, 0.5) is 5.69 Å². The fourth-order valence-electron chi connectivity index (χ4n) is 5.65. The van der Waals surface area contributed by atoms with Gasteiger partial charge >= 0.3 is 0 Å². The number of nitrogens with one attached hydrogen (secondary N) is 2. The average Bonchev–Trinajstić information content (AvgIpc) is 3.49. The van der Waals surface area contributed by atoms with Crippen LogP contribution in [-0.4, -0.2) is 122 Å². The lowest BCUT2D eigenvalue weighted by molar-refractivity contribution is -0.255. The predicted octanol–water partition coefficient (Wildman–Crippen LogP) is 1.27. The van der Waals surface area contributed by atoms with Gasteiger partial charge in [0.1, 0.15) is 25.4 Å². The maximum Gasteiger partial charge on any atom is 0.253 e. The van der Waals surface area contributed by atoms with Crippen LogP contribution in [0.5, 0.6) is 0 Å². The van der Waals surface area contributed by atoms with Gasteiger partial charge in [-0.1, -0.05) is 24.3 Å². The zero-order chi connectivity index (χ0) is 40.6. The molecular weight excluding hydrogens is 722 g/mol. The van der Waals surface area contributed by atoms with Crippen LogP contribution in [-0.2, 0) is 33.4 Å². The molecule has 4 amide bonds. The highest BCUT2D eigenvalue weighted by atomic mass is 16.5. The number of carboxylic acid groups (broad SMARTS) is 1. The number of nitrogens with zero attached hydrogens (tertiary/aromatic N) is 3. The molecule has 2 N–H and O–H groups in total.